The zero-order valence-electron chi connectivity index (χ0n) is 11.1. The Morgan fingerprint density at radius 2 is 1.82 bits per heavy atom. The fourth-order valence-electron chi connectivity index (χ4n) is 3.03. The van der Waals surface area contributed by atoms with E-state index in [9.17, 15) is 0 Å². The quantitative estimate of drug-likeness (QED) is 0.844. The van der Waals surface area contributed by atoms with E-state index in [0.29, 0.717) is 6.04 Å². The molecule has 94 valence electrons. The molecule has 1 fully saturated rings. The third-order valence-electron chi connectivity index (χ3n) is 4.56. The Balaban J connectivity index is 1.90. The van der Waals surface area contributed by atoms with Gasteiger partial charge in [0.15, 0.2) is 0 Å². The Hall–Kier alpha value is -0.820. The summed E-state index contributed by atoms with van der Waals surface area (Å²) in [4.78, 5) is 0. The summed E-state index contributed by atoms with van der Waals surface area (Å²) in [7, 11) is 0. The summed E-state index contributed by atoms with van der Waals surface area (Å²) in [5, 5.41) is 0. The molecule has 17 heavy (non-hydrogen) atoms. The Kier molecular flexibility index (Phi) is 4.22. The maximum atomic E-state index is 6.39. The summed E-state index contributed by atoms with van der Waals surface area (Å²) in [6.45, 7) is 4.76. The van der Waals surface area contributed by atoms with Crippen molar-refractivity contribution in [1.29, 1.82) is 0 Å². The molecule has 4 unspecified atom stereocenters. The second-order valence-electron chi connectivity index (χ2n) is 5.88. The first-order valence-electron chi connectivity index (χ1n) is 6.96. The topological polar surface area (TPSA) is 26.0 Å². The fourth-order valence-corrected chi connectivity index (χ4v) is 3.03. The molecule has 1 nitrogen and oxygen atoms in total. The highest BCUT2D eigenvalue weighted by atomic mass is 14.7. The predicted molar refractivity (Wildman–Crippen MR) is 73.8 cm³/mol. The van der Waals surface area contributed by atoms with Crippen LogP contribution in [0.25, 0.3) is 0 Å². The number of nitrogens with two attached hydrogens (primary N) is 1. The molecule has 2 N–H and O–H groups in total. The lowest BCUT2D eigenvalue weighted by molar-refractivity contribution is 0.185. The minimum absolute atomic E-state index is 0.340. The highest BCUT2D eigenvalue weighted by Gasteiger charge is 2.28. The second kappa shape index (κ2) is 5.68. The maximum Gasteiger partial charge on any atom is 0.0108 e. The lowest BCUT2D eigenvalue weighted by atomic mass is 9.72. The van der Waals surface area contributed by atoms with Crippen molar-refractivity contribution >= 4 is 0 Å². The van der Waals surface area contributed by atoms with Gasteiger partial charge in [-0.05, 0) is 42.6 Å². The van der Waals surface area contributed by atoms with Gasteiger partial charge in [0.25, 0.3) is 0 Å². The van der Waals surface area contributed by atoms with Gasteiger partial charge >= 0.3 is 0 Å². The lowest BCUT2D eigenvalue weighted by Gasteiger charge is -2.35. The molecule has 0 aliphatic heterocycles. The summed E-state index contributed by atoms with van der Waals surface area (Å²) in [5.74, 6) is 2.45. The highest BCUT2D eigenvalue weighted by molar-refractivity contribution is 5.16. The van der Waals surface area contributed by atoms with Gasteiger partial charge in [-0.3, -0.25) is 0 Å². The summed E-state index contributed by atoms with van der Waals surface area (Å²) in [6.07, 6.45) is 5.02. The van der Waals surface area contributed by atoms with Gasteiger partial charge in [0.1, 0.15) is 0 Å². The van der Waals surface area contributed by atoms with Crippen molar-refractivity contribution < 1.29 is 0 Å². The normalized spacial score (nSPS) is 31.1. The van der Waals surface area contributed by atoms with Crippen LogP contribution in [0.1, 0.15) is 38.7 Å². The van der Waals surface area contributed by atoms with Crippen LogP contribution in [-0.4, -0.2) is 6.04 Å². The van der Waals surface area contributed by atoms with E-state index in [0.717, 1.165) is 24.2 Å². The molecule has 0 aromatic heterocycles. The van der Waals surface area contributed by atoms with E-state index in [2.05, 4.69) is 44.2 Å². The van der Waals surface area contributed by atoms with Gasteiger partial charge in [0, 0.05) is 6.04 Å². The maximum absolute atomic E-state index is 6.39. The molecule has 0 spiro atoms. The molecular weight excluding hydrogens is 206 g/mol. The van der Waals surface area contributed by atoms with E-state index in [1.54, 1.807) is 0 Å². The minimum Gasteiger partial charge on any atom is -0.327 e. The van der Waals surface area contributed by atoms with Gasteiger partial charge in [-0.1, -0.05) is 50.6 Å². The van der Waals surface area contributed by atoms with Crippen LogP contribution >= 0.6 is 0 Å². The van der Waals surface area contributed by atoms with E-state index >= 15 is 0 Å². The number of benzene rings is 1. The molecule has 0 bridgehead atoms. The Bertz CT molecular complexity index is 333. The van der Waals surface area contributed by atoms with Crippen LogP contribution in [-0.2, 0) is 6.42 Å². The van der Waals surface area contributed by atoms with Crippen molar-refractivity contribution in [3.63, 3.8) is 0 Å². The van der Waals surface area contributed by atoms with Crippen LogP contribution in [0.15, 0.2) is 30.3 Å². The van der Waals surface area contributed by atoms with E-state index in [1.807, 2.05) is 0 Å². The van der Waals surface area contributed by atoms with Crippen molar-refractivity contribution in [2.75, 3.05) is 0 Å². The van der Waals surface area contributed by atoms with E-state index in [1.165, 1.54) is 24.8 Å². The van der Waals surface area contributed by atoms with Gasteiger partial charge < -0.3 is 5.73 Å². The first kappa shape index (κ1) is 12.6. The molecule has 1 aromatic rings. The number of hydrogen-bond donors (Lipinski definition) is 1. The molecule has 0 radical (unpaired) electrons. The fraction of sp³-hybridized carbons (Fsp3) is 0.625. The van der Waals surface area contributed by atoms with Gasteiger partial charge in [0.2, 0.25) is 0 Å². The third kappa shape index (κ3) is 3.32. The Morgan fingerprint density at radius 1 is 1.12 bits per heavy atom. The Morgan fingerprint density at radius 3 is 2.47 bits per heavy atom. The molecule has 0 amide bonds. The van der Waals surface area contributed by atoms with Gasteiger partial charge in [-0.15, -0.1) is 0 Å². The predicted octanol–water partition coefficient (Wildman–Crippen LogP) is 3.63. The standard InChI is InChI=1S/C16H25N/c1-12-8-9-15(10-13(12)2)16(17)11-14-6-4-3-5-7-14/h3-7,12-13,15-16H,8-11,17H2,1-2H3. The van der Waals surface area contributed by atoms with Gasteiger partial charge in [0.05, 0.1) is 0 Å². The Labute approximate surface area is 105 Å². The summed E-state index contributed by atoms with van der Waals surface area (Å²) in [6, 6.07) is 11.0. The van der Waals surface area contributed by atoms with Gasteiger partial charge in [-0.2, -0.15) is 0 Å². The monoisotopic (exact) mass is 231 g/mol. The van der Waals surface area contributed by atoms with Crippen LogP contribution in [0.4, 0.5) is 0 Å². The molecule has 2 rings (SSSR count). The molecule has 0 saturated heterocycles. The SMILES string of the molecule is CC1CCC(C(N)Cc2ccccc2)CC1C. The second-order valence-corrected chi connectivity index (χ2v) is 5.88. The number of rotatable bonds is 3. The minimum atomic E-state index is 0.340. The van der Waals surface area contributed by atoms with E-state index in [-0.39, 0.29) is 0 Å². The first-order chi connectivity index (χ1) is 8.16. The zero-order chi connectivity index (χ0) is 12.3. The van der Waals surface area contributed by atoms with Gasteiger partial charge in [-0.25, -0.2) is 0 Å². The molecule has 1 saturated carbocycles. The van der Waals surface area contributed by atoms with Crippen LogP contribution < -0.4 is 5.73 Å². The molecule has 4 atom stereocenters. The summed E-state index contributed by atoms with van der Waals surface area (Å²) < 4.78 is 0. The largest absolute Gasteiger partial charge is 0.327 e. The van der Waals surface area contributed by atoms with E-state index < -0.39 is 0 Å². The van der Waals surface area contributed by atoms with Crippen LogP contribution in [0, 0.1) is 17.8 Å². The molecule has 1 aromatic carbocycles. The molecule has 0 heterocycles. The van der Waals surface area contributed by atoms with Crippen molar-refractivity contribution in [3.05, 3.63) is 35.9 Å². The lowest BCUT2D eigenvalue weighted by Crippen LogP contribution is -2.36. The summed E-state index contributed by atoms with van der Waals surface area (Å²) in [5.41, 5.74) is 7.77. The van der Waals surface area contributed by atoms with Crippen molar-refractivity contribution in [3.8, 4) is 0 Å². The summed E-state index contributed by atoms with van der Waals surface area (Å²) >= 11 is 0. The molecular formula is C16H25N. The average Bonchev–Trinajstić information content (AvgIpc) is 2.34. The smallest absolute Gasteiger partial charge is 0.0108 e. The third-order valence-corrected chi connectivity index (χ3v) is 4.56. The number of hydrogen-bond acceptors (Lipinski definition) is 1. The van der Waals surface area contributed by atoms with Crippen molar-refractivity contribution in [2.24, 2.45) is 23.5 Å². The first-order valence-corrected chi connectivity index (χ1v) is 6.96. The van der Waals surface area contributed by atoms with Crippen molar-refractivity contribution in [2.45, 2.75) is 45.6 Å². The van der Waals surface area contributed by atoms with Crippen LogP contribution in [0.3, 0.4) is 0 Å². The molecule has 1 aliphatic carbocycles. The van der Waals surface area contributed by atoms with Crippen LogP contribution in [0.5, 0.6) is 0 Å². The molecule has 1 aliphatic rings. The molecule has 1 heteroatoms. The average molecular weight is 231 g/mol. The highest BCUT2D eigenvalue weighted by Crippen LogP contribution is 2.35. The van der Waals surface area contributed by atoms with Crippen LogP contribution in [0.2, 0.25) is 0 Å². The van der Waals surface area contributed by atoms with Crippen molar-refractivity contribution in [1.82, 2.24) is 0 Å². The van der Waals surface area contributed by atoms with E-state index in [4.69, 9.17) is 5.73 Å². The zero-order valence-corrected chi connectivity index (χ0v) is 11.1.